The van der Waals surface area contributed by atoms with Crippen molar-refractivity contribution in [1.29, 1.82) is 0 Å². The summed E-state index contributed by atoms with van der Waals surface area (Å²) in [5, 5.41) is 10.6. The molecular formula is C58H90N5O18+. The molecule has 1 aliphatic carbocycles. The Labute approximate surface area is 477 Å². The number of alkyl carbamates (subject to hydrolysis) is 1. The molecule has 0 saturated heterocycles. The molecule has 0 heterocycles. The number of fused-ring (bicyclic) bond motifs is 3. The first-order valence-corrected chi connectivity index (χ1v) is 27.7. The number of nitrogens with zero attached hydrogens (tertiary/aromatic N) is 1. The molecule has 1 aliphatic rings. The Kier molecular flexibility index (Phi) is 31.7. The number of carbonyl (C=O) groups excluding carboxylic acids is 8. The highest BCUT2D eigenvalue weighted by molar-refractivity contribution is 5.87. The third-order valence-corrected chi connectivity index (χ3v) is 12.2. The number of ether oxygens (including phenoxy) is 10. The van der Waals surface area contributed by atoms with Crippen molar-refractivity contribution in [1.82, 2.24) is 21.3 Å². The Morgan fingerprint density at radius 3 is 1.57 bits per heavy atom. The molecular weight excluding hydrogens is 1050 g/mol. The smallest absolute Gasteiger partial charge is 0.407 e. The molecule has 0 fully saturated rings. The Morgan fingerprint density at radius 2 is 1.01 bits per heavy atom. The number of quaternary nitrogens is 1. The van der Waals surface area contributed by atoms with Crippen molar-refractivity contribution >= 4 is 47.5 Å². The molecule has 0 unspecified atom stereocenters. The van der Waals surface area contributed by atoms with Crippen LogP contribution in [-0.2, 0) is 80.9 Å². The van der Waals surface area contributed by atoms with Gasteiger partial charge in [-0.05, 0) is 76.6 Å². The molecule has 4 N–H and O–H groups in total. The van der Waals surface area contributed by atoms with Crippen molar-refractivity contribution < 1.29 is 90.2 Å². The van der Waals surface area contributed by atoms with E-state index in [0.717, 1.165) is 41.8 Å². The lowest BCUT2D eigenvalue weighted by Crippen LogP contribution is -2.47. The van der Waals surface area contributed by atoms with Crippen molar-refractivity contribution in [3.8, 4) is 11.1 Å². The van der Waals surface area contributed by atoms with Crippen LogP contribution in [0.25, 0.3) is 11.1 Å². The second kappa shape index (κ2) is 37.1. The number of hydrogen-bond donors (Lipinski definition) is 4. The Balaban J connectivity index is 1.25. The molecule has 23 heteroatoms. The van der Waals surface area contributed by atoms with Gasteiger partial charge in [-0.2, -0.15) is 0 Å². The lowest BCUT2D eigenvalue weighted by molar-refractivity contribution is -0.890. The number of carbonyl (C=O) groups is 8. The summed E-state index contributed by atoms with van der Waals surface area (Å²) in [4.78, 5) is 101. The van der Waals surface area contributed by atoms with Gasteiger partial charge in [-0.15, -0.1) is 0 Å². The Morgan fingerprint density at radius 1 is 0.531 bits per heavy atom. The molecule has 0 bridgehead atoms. The van der Waals surface area contributed by atoms with Crippen LogP contribution in [0.5, 0.6) is 0 Å². The van der Waals surface area contributed by atoms with Crippen LogP contribution in [0.4, 0.5) is 4.79 Å². The zero-order valence-electron chi connectivity index (χ0n) is 49.1. The normalized spacial score (nSPS) is 13.0. The van der Waals surface area contributed by atoms with Gasteiger partial charge in [-0.3, -0.25) is 24.0 Å². The van der Waals surface area contributed by atoms with E-state index >= 15 is 0 Å². The summed E-state index contributed by atoms with van der Waals surface area (Å²) in [5.41, 5.74) is 2.35. The molecule has 454 valence electrons. The standard InChI is InChI=1S/C58H89N5O18/c1-57(2,3)80-54(69)48(61-51(66)23-21-49(55(70)81-58(4,5)6)62-56(71)79-40-47-45-18-12-10-16-43(45)44-17-11-13-19-46(44)47)20-22-50(65)59-25-30-74-36-38-78-41-52(67)60-26-31-75-35-37-77-39-42(64)15-14-27-63(7,8)28-32-76-34-33-73-29-24-53(68)72-9/h10-13,16-19,47-49H,14-15,20-41H2,1-9H3,(H3-,59,60,61,62,65,66,67,71)/p+1/t48-,49-/m0/s1. The third kappa shape index (κ3) is 30.5. The van der Waals surface area contributed by atoms with E-state index in [4.69, 9.17) is 42.6 Å². The summed E-state index contributed by atoms with van der Waals surface area (Å²) < 4.78 is 54.8. The predicted molar refractivity (Wildman–Crippen MR) is 298 cm³/mol. The first-order chi connectivity index (χ1) is 38.5. The summed E-state index contributed by atoms with van der Waals surface area (Å²) in [6.45, 7) is 14.7. The summed E-state index contributed by atoms with van der Waals surface area (Å²) in [5.74, 6) is -3.41. The van der Waals surface area contributed by atoms with Crippen LogP contribution in [0.15, 0.2) is 48.5 Å². The van der Waals surface area contributed by atoms with Crippen molar-refractivity contribution in [3.63, 3.8) is 0 Å². The van der Waals surface area contributed by atoms with Gasteiger partial charge in [0, 0.05) is 44.7 Å². The van der Waals surface area contributed by atoms with Gasteiger partial charge in [0.25, 0.3) is 0 Å². The molecule has 0 radical (unpaired) electrons. The minimum Gasteiger partial charge on any atom is -0.469 e. The zero-order valence-corrected chi connectivity index (χ0v) is 49.1. The maximum absolute atomic E-state index is 13.4. The van der Waals surface area contributed by atoms with E-state index in [-0.39, 0.29) is 128 Å². The first kappa shape index (κ1) is 69.2. The fraction of sp³-hybridized carbons (Fsp3) is 0.655. The maximum Gasteiger partial charge on any atom is 0.407 e. The van der Waals surface area contributed by atoms with Gasteiger partial charge in [0.15, 0.2) is 5.78 Å². The highest BCUT2D eigenvalue weighted by Gasteiger charge is 2.33. The molecule has 0 aromatic heterocycles. The van der Waals surface area contributed by atoms with Crippen LogP contribution in [0, 0.1) is 0 Å². The van der Waals surface area contributed by atoms with E-state index in [2.05, 4.69) is 40.1 Å². The number of benzene rings is 2. The maximum atomic E-state index is 13.4. The second-order valence-corrected chi connectivity index (χ2v) is 21.9. The van der Waals surface area contributed by atoms with Crippen molar-refractivity contribution in [2.75, 3.05) is 133 Å². The van der Waals surface area contributed by atoms with E-state index in [0.29, 0.717) is 37.3 Å². The topological polar surface area (TPSA) is 277 Å². The second-order valence-electron chi connectivity index (χ2n) is 21.9. The lowest BCUT2D eigenvalue weighted by atomic mass is 9.98. The fourth-order valence-corrected chi connectivity index (χ4v) is 8.08. The van der Waals surface area contributed by atoms with Crippen LogP contribution in [0.2, 0.25) is 0 Å². The van der Waals surface area contributed by atoms with Crippen LogP contribution in [-0.4, -0.2) is 209 Å². The van der Waals surface area contributed by atoms with Gasteiger partial charge >= 0.3 is 24.0 Å². The number of likely N-dealkylation sites (N-methyl/N-ethyl adjacent to an activating group) is 1. The van der Waals surface area contributed by atoms with Crippen LogP contribution in [0.3, 0.4) is 0 Å². The minimum atomic E-state index is -1.27. The number of esters is 3. The average molecular weight is 1150 g/mol. The molecule has 81 heavy (non-hydrogen) atoms. The Bertz CT molecular complexity index is 2240. The monoisotopic (exact) mass is 1140 g/mol. The minimum absolute atomic E-state index is 0.00446. The third-order valence-electron chi connectivity index (χ3n) is 12.2. The molecule has 3 rings (SSSR count). The van der Waals surface area contributed by atoms with Gasteiger partial charge in [-0.1, -0.05) is 48.5 Å². The van der Waals surface area contributed by atoms with Crippen molar-refractivity contribution in [2.24, 2.45) is 0 Å². The van der Waals surface area contributed by atoms with E-state index in [1.807, 2.05) is 48.5 Å². The molecule has 0 aliphatic heterocycles. The lowest BCUT2D eigenvalue weighted by Gasteiger charge is -2.29. The van der Waals surface area contributed by atoms with Crippen LogP contribution in [0.1, 0.15) is 104 Å². The number of hydrogen-bond acceptors (Lipinski definition) is 18. The zero-order chi connectivity index (χ0) is 59.7. The number of amides is 4. The molecule has 0 saturated carbocycles. The van der Waals surface area contributed by atoms with E-state index in [1.165, 1.54) is 7.11 Å². The molecule has 23 nitrogen and oxygen atoms in total. The number of Topliss-reactive ketones (excluding diaryl/α,β-unsaturated/α-hetero) is 1. The quantitative estimate of drug-likeness (QED) is 0.0318. The summed E-state index contributed by atoms with van der Waals surface area (Å²) in [6.07, 6.45) is -0.258. The summed E-state index contributed by atoms with van der Waals surface area (Å²) >= 11 is 0. The van der Waals surface area contributed by atoms with Crippen LogP contribution >= 0.6 is 0 Å². The van der Waals surface area contributed by atoms with Gasteiger partial charge in [0.1, 0.15) is 49.7 Å². The average Bonchev–Trinajstić information content (AvgIpc) is 4.02. The highest BCUT2D eigenvalue weighted by atomic mass is 16.6. The van der Waals surface area contributed by atoms with E-state index < -0.39 is 53.1 Å². The first-order valence-electron chi connectivity index (χ1n) is 27.7. The number of rotatable bonds is 41. The van der Waals surface area contributed by atoms with Crippen LogP contribution < -0.4 is 21.3 Å². The van der Waals surface area contributed by atoms with Gasteiger partial charge < -0.3 is 73.1 Å². The van der Waals surface area contributed by atoms with Gasteiger partial charge in [-0.25, -0.2) is 14.4 Å². The van der Waals surface area contributed by atoms with Crippen molar-refractivity contribution in [2.45, 2.75) is 116 Å². The van der Waals surface area contributed by atoms with E-state index in [9.17, 15) is 38.4 Å². The fourth-order valence-electron chi connectivity index (χ4n) is 8.08. The Hall–Kier alpha value is -6.08. The summed E-state index contributed by atoms with van der Waals surface area (Å²) in [6, 6.07) is 13.3. The number of ketones is 1. The molecule has 2 atom stereocenters. The number of nitrogens with one attached hydrogen (secondary N) is 4. The van der Waals surface area contributed by atoms with E-state index in [1.54, 1.807) is 41.5 Å². The van der Waals surface area contributed by atoms with Gasteiger partial charge in [0.2, 0.25) is 17.7 Å². The molecule has 2 aromatic carbocycles. The predicted octanol–water partition coefficient (Wildman–Crippen LogP) is 3.94. The largest absolute Gasteiger partial charge is 0.469 e. The van der Waals surface area contributed by atoms with Crippen molar-refractivity contribution in [3.05, 3.63) is 59.7 Å². The summed E-state index contributed by atoms with van der Waals surface area (Å²) in [7, 11) is 5.50. The molecule has 0 spiro atoms. The molecule has 2 aromatic rings. The highest BCUT2D eigenvalue weighted by Crippen LogP contribution is 2.44. The molecule has 4 amide bonds. The van der Waals surface area contributed by atoms with Gasteiger partial charge in [0.05, 0.1) is 100 Å². The number of methoxy groups -OCH3 is 1. The SMILES string of the molecule is COC(=O)CCOCCOCC[N+](C)(C)CCCC(=O)COCCOCCNC(=O)COCCOCCNC(=O)CC[C@H](NC(=O)CC[C@H](NC(=O)OCC1c2ccccc2-c2ccccc21)C(=O)OC(C)(C)C)C(=O)OC(C)(C)C.